The van der Waals surface area contributed by atoms with Gasteiger partial charge in [-0.2, -0.15) is 8.42 Å². The molecule has 0 unspecified atom stereocenters. The Morgan fingerprint density at radius 3 is 2.35 bits per heavy atom. The SMILES string of the molecule is COc1ccc(OS(=O)(=O)c2sc3ccc(Cl)cc3c2C)cc1. The van der Waals surface area contributed by atoms with E-state index in [2.05, 4.69) is 0 Å². The Labute approximate surface area is 143 Å². The molecule has 0 N–H and O–H groups in total. The van der Waals surface area contributed by atoms with Crippen molar-refractivity contribution in [2.45, 2.75) is 11.1 Å². The van der Waals surface area contributed by atoms with E-state index in [0.29, 0.717) is 16.3 Å². The van der Waals surface area contributed by atoms with Crippen molar-refractivity contribution < 1.29 is 17.3 Å². The maximum absolute atomic E-state index is 12.6. The molecule has 0 spiro atoms. The van der Waals surface area contributed by atoms with E-state index in [9.17, 15) is 8.42 Å². The Morgan fingerprint density at radius 2 is 1.70 bits per heavy atom. The number of benzene rings is 2. The molecule has 0 aliphatic rings. The summed E-state index contributed by atoms with van der Waals surface area (Å²) >= 11 is 7.15. The zero-order chi connectivity index (χ0) is 16.6. The fraction of sp³-hybridized carbons (Fsp3) is 0.125. The lowest BCUT2D eigenvalue weighted by molar-refractivity contribution is 0.413. The van der Waals surface area contributed by atoms with Crippen molar-refractivity contribution in [3.8, 4) is 11.5 Å². The van der Waals surface area contributed by atoms with E-state index in [4.69, 9.17) is 20.5 Å². The van der Waals surface area contributed by atoms with Crippen molar-refractivity contribution in [1.82, 2.24) is 0 Å². The van der Waals surface area contributed by atoms with Gasteiger partial charge in [0.1, 0.15) is 11.5 Å². The molecule has 120 valence electrons. The summed E-state index contributed by atoms with van der Waals surface area (Å²) in [6.45, 7) is 1.75. The average Bonchev–Trinajstić information content (AvgIpc) is 2.85. The summed E-state index contributed by atoms with van der Waals surface area (Å²) in [6.07, 6.45) is 0. The topological polar surface area (TPSA) is 52.6 Å². The van der Waals surface area contributed by atoms with Crippen LogP contribution in [0.25, 0.3) is 10.1 Å². The molecule has 23 heavy (non-hydrogen) atoms. The number of thiophene rings is 1. The zero-order valence-electron chi connectivity index (χ0n) is 12.4. The van der Waals surface area contributed by atoms with Gasteiger partial charge in [-0.15, -0.1) is 11.3 Å². The zero-order valence-corrected chi connectivity index (χ0v) is 14.8. The van der Waals surface area contributed by atoms with Gasteiger partial charge in [0.05, 0.1) is 7.11 Å². The highest BCUT2D eigenvalue weighted by Gasteiger charge is 2.24. The van der Waals surface area contributed by atoms with E-state index in [1.165, 1.54) is 18.4 Å². The molecule has 1 heterocycles. The first-order chi connectivity index (χ1) is 10.9. The number of hydrogen-bond acceptors (Lipinski definition) is 5. The molecule has 0 amide bonds. The lowest BCUT2D eigenvalue weighted by Crippen LogP contribution is -2.09. The molecule has 0 aliphatic heterocycles. The normalized spacial score (nSPS) is 11.6. The number of fused-ring (bicyclic) bond motifs is 1. The van der Waals surface area contributed by atoms with Gasteiger partial charge in [-0.3, -0.25) is 0 Å². The summed E-state index contributed by atoms with van der Waals surface area (Å²) in [5.41, 5.74) is 0.640. The number of hydrogen-bond donors (Lipinski definition) is 0. The van der Waals surface area contributed by atoms with Crippen molar-refractivity contribution in [2.75, 3.05) is 7.11 Å². The van der Waals surface area contributed by atoms with Crippen LogP contribution in [0.4, 0.5) is 0 Å². The van der Waals surface area contributed by atoms with Gasteiger partial charge in [0.15, 0.2) is 4.21 Å². The largest absolute Gasteiger partial charge is 0.497 e. The molecule has 4 nitrogen and oxygen atoms in total. The van der Waals surface area contributed by atoms with Crippen LogP contribution in [-0.2, 0) is 10.1 Å². The second kappa shape index (κ2) is 6.03. The highest BCUT2D eigenvalue weighted by atomic mass is 35.5. The van der Waals surface area contributed by atoms with Crippen LogP contribution < -0.4 is 8.92 Å². The van der Waals surface area contributed by atoms with Crippen LogP contribution in [0.5, 0.6) is 11.5 Å². The Hall–Kier alpha value is -1.76. The maximum Gasteiger partial charge on any atom is 0.349 e. The van der Waals surface area contributed by atoms with Gasteiger partial charge >= 0.3 is 10.1 Å². The van der Waals surface area contributed by atoms with Gasteiger partial charge < -0.3 is 8.92 Å². The minimum Gasteiger partial charge on any atom is -0.497 e. The van der Waals surface area contributed by atoms with E-state index >= 15 is 0 Å². The molecular weight excluding hydrogens is 356 g/mol. The molecular formula is C16H13ClO4S2. The third-order valence-electron chi connectivity index (χ3n) is 3.35. The minimum absolute atomic E-state index is 0.186. The molecule has 7 heteroatoms. The third-order valence-corrected chi connectivity index (χ3v) is 6.68. The number of rotatable bonds is 4. The molecule has 3 aromatic rings. The molecule has 0 aliphatic carbocycles. The highest BCUT2D eigenvalue weighted by Crippen LogP contribution is 2.36. The van der Waals surface area contributed by atoms with Gasteiger partial charge in [-0.1, -0.05) is 11.6 Å². The number of ether oxygens (including phenoxy) is 1. The summed E-state index contributed by atoms with van der Waals surface area (Å²) in [7, 11) is -2.36. The third kappa shape index (κ3) is 3.15. The first kappa shape index (κ1) is 16.1. The predicted octanol–water partition coefficient (Wildman–Crippen LogP) is 4.64. The van der Waals surface area contributed by atoms with Gasteiger partial charge in [-0.25, -0.2) is 0 Å². The summed E-state index contributed by atoms with van der Waals surface area (Å²) in [5.74, 6) is 0.864. The summed E-state index contributed by atoms with van der Waals surface area (Å²) in [5, 5.41) is 1.39. The van der Waals surface area contributed by atoms with Gasteiger partial charge in [-0.05, 0) is 60.3 Å². The van der Waals surface area contributed by atoms with E-state index < -0.39 is 10.1 Å². The Morgan fingerprint density at radius 1 is 1.04 bits per heavy atom. The molecule has 0 saturated heterocycles. The Bertz CT molecular complexity index is 960. The van der Waals surface area contributed by atoms with Crippen molar-refractivity contribution in [3.63, 3.8) is 0 Å². The van der Waals surface area contributed by atoms with Gasteiger partial charge in [0.25, 0.3) is 0 Å². The highest BCUT2D eigenvalue weighted by molar-refractivity contribution is 7.89. The van der Waals surface area contributed by atoms with Crippen molar-refractivity contribution in [2.24, 2.45) is 0 Å². The van der Waals surface area contributed by atoms with Gasteiger partial charge in [0.2, 0.25) is 0 Å². The van der Waals surface area contributed by atoms with E-state index in [0.717, 1.165) is 10.1 Å². The van der Waals surface area contributed by atoms with Crippen LogP contribution in [-0.4, -0.2) is 15.5 Å². The van der Waals surface area contributed by atoms with Crippen molar-refractivity contribution in [3.05, 3.63) is 53.1 Å². The molecule has 0 atom stereocenters. The number of aryl methyl sites for hydroxylation is 1. The summed E-state index contributed by atoms with van der Waals surface area (Å²) < 4.78 is 36.4. The molecule has 3 rings (SSSR count). The van der Waals surface area contributed by atoms with E-state index in [-0.39, 0.29) is 9.96 Å². The molecule has 1 aromatic heterocycles. The summed E-state index contributed by atoms with van der Waals surface area (Å²) in [6, 6.07) is 11.7. The van der Waals surface area contributed by atoms with Crippen LogP contribution in [0.1, 0.15) is 5.56 Å². The fourth-order valence-electron chi connectivity index (χ4n) is 2.20. The van der Waals surface area contributed by atoms with Crippen LogP contribution in [0.2, 0.25) is 5.02 Å². The van der Waals surface area contributed by atoms with E-state index in [1.807, 2.05) is 6.07 Å². The molecule has 0 fully saturated rings. The maximum atomic E-state index is 12.6. The summed E-state index contributed by atoms with van der Waals surface area (Å²) in [4.78, 5) is 0. The number of methoxy groups -OCH3 is 1. The van der Waals surface area contributed by atoms with Crippen molar-refractivity contribution >= 4 is 43.1 Å². The van der Waals surface area contributed by atoms with Crippen LogP contribution >= 0.6 is 22.9 Å². The van der Waals surface area contributed by atoms with Gasteiger partial charge in [0, 0.05) is 9.72 Å². The molecule has 2 aromatic carbocycles. The minimum atomic E-state index is -3.90. The lowest BCUT2D eigenvalue weighted by atomic mass is 10.2. The van der Waals surface area contributed by atoms with E-state index in [1.54, 1.807) is 43.3 Å². The molecule has 0 bridgehead atoms. The van der Waals surface area contributed by atoms with Crippen LogP contribution in [0.15, 0.2) is 46.7 Å². The van der Waals surface area contributed by atoms with Crippen molar-refractivity contribution in [1.29, 1.82) is 0 Å². The van der Waals surface area contributed by atoms with Crippen LogP contribution in [0, 0.1) is 6.92 Å². The first-order valence-electron chi connectivity index (χ1n) is 6.68. The number of halogens is 1. The second-order valence-electron chi connectivity index (χ2n) is 4.87. The standard InChI is InChI=1S/C16H13ClO4S2/c1-10-14-9-11(17)3-8-15(14)22-16(10)23(18,19)21-13-6-4-12(20-2)5-7-13/h3-9H,1-2H3. The predicted molar refractivity (Wildman–Crippen MR) is 92.4 cm³/mol. The smallest absolute Gasteiger partial charge is 0.349 e. The quantitative estimate of drug-likeness (QED) is 0.629. The second-order valence-corrected chi connectivity index (χ2v) is 8.10. The molecule has 0 saturated carbocycles. The lowest BCUT2D eigenvalue weighted by Gasteiger charge is -2.07. The average molecular weight is 369 g/mol. The van der Waals surface area contributed by atoms with Crippen LogP contribution in [0.3, 0.4) is 0 Å². The Balaban J connectivity index is 2.00. The monoisotopic (exact) mass is 368 g/mol. The fourth-order valence-corrected chi connectivity index (χ4v) is 5.00. The molecule has 0 radical (unpaired) electrons. The Kier molecular flexibility index (Phi) is 4.23. The first-order valence-corrected chi connectivity index (χ1v) is 9.28.